The molecule has 17 heavy (non-hydrogen) atoms. The van der Waals surface area contributed by atoms with Crippen molar-refractivity contribution in [3.63, 3.8) is 0 Å². The van der Waals surface area contributed by atoms with Crippen LogP contribution in [0.5, 0.6) is 0 Å². The molecule has 1 rings (SSSR count). The number of carboxylic acids is 1. The summed E-state index contributed by atoms with van der Waals surface area (Å²) in [7, 11) is 0. The van der Waals surface area contributed by atoms with Gasteiger partial charge in [-0.25, -0.2) is 4.79 Å². The second-order valence-electron chi connectivity index (χ2n) is 4.96. The van der Waals surface area contributed by atoms with E-state index in [1.807, 2.05) is 13.8 Å². The van der Waals surface area contributed by atoms with Gasteiger partial charge in [-0.2, -0.15) is 0 Å². The fourth-order valence-corrected chi connectivity index (χ4v) is 1.63. The number of rotatable bonds is 3. The van der Waals surface area contributed by atoms with E-state index >= 15 is 0 Å². The van der Waals surface area contributed by atoms with Crippen molar-refractivity contribution >= 4 is 12.0 Å². The van der Waals surface area contributed by atoms with Gasteiger partial charge in [0.25, 0.3) is 0 Å². The molecule has 0 aromatic carbocycles. The van der Waals surface area contributed by atoms with Crippen LogP contribution in [0.25, 0.3) is 0 Å². The molecule has 1 heterocycles. The molecule has 0 aromatic rings. The summed E-state index contributed by atoms with van der Waals surface area (Å²) in [6.45, 7) is 7.11. The number of ether oxygens (including phenoxy) is 1. The molecule has 6 heteroatoms. The SMILES string of the molecule is CC(CNC(=O)N1CCOC(C)(C)C1)C(=O)O. The highest BCUT2D eigenvalue weighted by atomic mass is 16.5. The number of morpholine rings is 1. The first-order valence-corrected chi connectivity index (χ1v) is 5.71. The van der Waals surface area contributed by atoms with E-state index < -0.39 is 11.9 Å². The van der Waals surface area contributed by atoms with Gasteiger partial charge in [0.2, 0.25) is 0 Å². The Balaban J connectivity index is 2.40. The molecule has 1 aliphatic rings. The number of aliphatic carboxylic acids is 1. The molecule has 1 atom stereocenters. The lowest BCUT2D eigenvalue weighted by molar-refractivity contribution is -0.140. The summed E-state index contributed by atoms with van der Waals surface area (Å²) in [6, 6.07) is -0.227. The van der Waals surface area contributed by atoms with Gasteiger partial charge in [-0.3, -0.25) is 4.79 Å². The molecule has 1 unspecified atom stereocenters. The predicted octanol–water partition coefficient (Wildman–Crippen LogP) is 0.527. The number of carbonyl (C=O) groups is 2. The van der Waals surface area contributed by atoms with Gasteiger partial charge < -0.3 is 20.1 Å². The molecule has 1 fully saturated rings. The van der Waals surface area contributed by atoms with E-state index in [0.717, 1.165) is 0 Å². The van der Waals surface area contributed by atoms with Gasteiger partial charge in [0.1, 0.15) is 0 Å². The molecule has 98 valence electrons. The van der Waals surface area contributed by atoms with Crippen LogP contribution in [0.2, 0.25) is 0 Å². The minimum Gasteiger partial charge on any atom is -0.481 e. The highest BCUT2D eigenvalue weighted by molar-refractivity contribution is 5.76. The van der Waals surface area contributed by atoms with Gasteiger partial charge in [-0.15, -0.1) is 0 Å². The standard InChI is InChI=1S/C11H20N2O4/c1-8(9(14)15)6-12-10(16)13-4-5-17-11(2,3)7-13/h8H,4-7H2,1-3H3,(H,12,16)(H,14,15). The van der Waals surface area contributed by atoms with Crippen LogP contribution in [-0.2, 0) is 9.53 Å². The van der Waals surface area contributed by atoms with Gasteiger partial charge in [0, 0.05) is 13.1 Å². The number of carbonyl (C=O) groups excluding carboxylic acids is 1. The number of nitrogens with zero attached hydrogens (tertiary/aromatic N) is 1. The quantitative estimate of drug-likeness (QED) is 0.759. The van der Waals surface area contributed by atoms with Crippen molar-refractivity contribution in [3.05, 3.63) is 0 Å². The van der Waals surface area contributed by atoms with E-state index in [2.05, 4.69) is 5.32 Å². The van der Waals surface area contributed by atoms with Crippen LogP contribution in [0.1, 0.15) is 20.8 Å². The number of amides is 2. The molecule has 0 bridgehead atoms. The second-order valence-corrected chi connectivity index (χ2v) is 4.96. The Hall–Kier alpha value is -1.30. The first kappa shape index (κ1) is 13.8. The highest BCUT2D eigenvalue weighted by Gasteiger charge is 2.30. The first-order valence-electron chi connectivity index (χ1n) is 5.71. The predicted molar refractivity (Wildman–Crippen MR) is 61.8 cm³/mol. The average molecular weight is 244 g/mol. The molecule has 0 spiro atoms. The average Bonchev–Trinajstić information content (AvgIpc) is 2.23. The number of hydrogen-bond donors (Lipinski definition) is 2. The van der Waals surface area contributed by atoms with Crippen molar-refractivity contribution in [2.45, 2.75) is 26.4 Å². The lowest BCUT2D eigenvalue weighted by Gasteiger charge is -2.38. The third-order valence-corrected chi connectivity index (χ3v) is 2.69. The van der Waals surface area contributed by atoms with Crippen LogP contribution < -0.4 is 5.32 Å². The highest BCUT2D eigenvalue weighted by Crippen LogP contribution is 2.16. The minimum atomic E-state index is -0.910. The Morgan fingerprint density at radius 3 is 2.71 bits per heavy atom. The molecule has 0 aliphatic carbocycles. The van der Waals surface area contributed by atoms with Crippen molar-refractivity contribution in [1.82, 2.24) is 10.2 Å². The van der Waals surface area contributed by atoms with Gasteiger partial charge in [-0.05, 0) is 13.8 Å². The Morgan fingerprint density at radius 2 is 2.18 bits per heavy atom. The smallest absolute Gasteiger partial charge is 0.317 e. The number of hydrogen-bond acceptors (Lipinski definition) is 3. The van der Waals surface area contributed by atoms with E-state index in [-0.39, 0.29) is 18.2 Å². The first-order chi connectivity index (χ1) is 7.82. The van der Waals surface area contributed by atoms with E-state index in [0.29, 0.717) is 19.7 Å². The maximum absolute atomic E-state index is 11.8. The van der Waals surface area contributed by atoms with Crippen molar-refractivity contribution in [2.24, 2.45) is 5.92 Å². The molecule has 2 N–H and O–H groups in total. The largest absolute Gasteiger partial charge is 0.481 e. The molecular weight excluding hydrogens is 224 g/mol. The van der Waals surface area contributed by atoms with E-state index in [1.54, 1.807) is 11.8 Å². The monoisotopic (exact) mass is 244 g/mol. The summed E-state index contributed by atoms with van der Waals surface area (Å²) < 4.78 is 5.49. The van der Waals surface area contributed by atoms with Crippen molar-refractivity contribution < 1.29 is 19.4 Å². The number of nitrogens with one attached hydrogen (secondary N) is 1. The fraction of sp³-hybridized carbons (Fsp3) is 0.818. The lowest BCUT2D eigenvalue weighted by Crippen LogP contribution is -2.54. The molecule has 1 saturated heterocycles. The van der Waals surface area contributed by atoms with Crippen molar-refractivity contribution in [1.29, 1.82) is 0 Å². The summed E-state index contributed by atoms with van der Waals surface area (Å²) in [4.78, 5) is 24.0. The van der Waals surface area contributed by atoms with Crippen LogP contribution in [0.4, 0.5) is 4.79 Å². The molecule has 0 aromatic heterocycles. The Bertz CT molecular complexity index is 304. The summed E-state index contributed by atoms with van der Waals surface area (Å²) in [5.74, 6) is -1.49. The van der Waals surface area contributed by atoms with Crippen LogP contribution in [0.15, 0.2) is 0 Å². The van der Waals surface area contributed by atoms with Crippen LogP contribution in [0.3, 0.4) is 0 Å². The van der Waals surface area contributed by atoms with Gasteiger partial charge in [-0.1, -0.05) is 6.92 Å². The summed E-state index contributed by atoms with van der Waals surface area (Å²) in [6.07, 6.45) is 0. The number of carboxylic acid groups (broad SMARTS) is 1. The van der Waals surface area contributed by atoms with E-state index in [4.69, 9.17) is 9.84 Å². The molecule has 0 saturated carbocycles. The normalized spacial score (nSPS) is 20.8. The van der Waals surface area contributed by atoms with Gasteiger partial charge in [0.05, 0.1) is 24.7 Å². The molecule has 1 aliphatic heterocycles. The third-order valence-electron chi connectivity index (χ3n) is 2.69. The van der Waals surface area contributed by atoms with Gasteiger partial charge in [0.15, 0.2) is 0 Å². The van der Waals surface area contributed by atoms with Crippen LogP contribution in [0, 0.1) is 5.92 Å². The van der Waals surface area contributed by atoms with Crippen molar-refractivity contribution in [3.8, 4) is 0 Å². The summed E-state index contributed by atoms with van der Waals surface area (Å²) >= 11 is 0. The lowest BCUT2D eigenvalue weighted by atomic mass is 10.1. The maximum Gasteiger partial charge on any atom is 0.317 e. The Kier molecular flexibility index (Phi) is 4.34. The van der Waals surface area contributed by atoms with E-state index in [1.165, 1.54) is 0 Å². The second kappa shape index (κ2) is 5.35. The molecule has 2 amide bonds. The molecular formula is C11H20N2O4. The Morgan fingerprint density at radius 1 is 1.53 bits per heavy atom. The summed E-state index contributed by atoms with van der Waals surface area (Å²) in [5, 5.41) is 11.3. The molecule has 6 nitrogen and oxygen atoms in total. The topological polar surface area (TPSA) is 78.9 Å². The third kappa shape index (κ3) is 4.22. The number of urea groups is 1. The van der Waals surface area contributed by atoms with Crippen molar-refractivity contribution in [2.75, 3.05) is 26.2 Å². The van der Waals surface area contributed by atoms with Crippen LogP contribution >= 0.6 is 0 Å². The zero-order valence-electron chi connectivity index (χ0n) is 10.5. The minimum absolute atomic E-state index is 0.145. The zero-order valence-corrected chi connectivity index (χ0v) is 10.5. The fourth-order valence-electron chi connectivity index (χ4n) is 1.63. The van der Waals surface area contributed by atoms with Gasteiger partial charge >= 0.3 is 12.0 Å². The van der Waals surface area contributed by atoms with Crippen LogP contribution in [-0.4, -0.2) is 53.8 Å². The molecule has 0 radical (unpaired) electrons. The van der Waals surface area contributed by atoms with E-state index in [9.17, 15) is 9.59 Å². The maximum atomic E-state index is 11.8. The zero-order chi connectivity index (χ0) is 13.1. The summed E-state index contributed by atoms with van der Waals surface area (Å²) in [5.41, 5.74) is -0.339. The Labute approximate surface area is 101 Å².